The quantitative estimate of drug-likeness (QED) is 0.659. The van der Waals surface area contributed by atoms with Gasteiger partial charge in [0.25, 0.3) is 0 Å². The zero-order valence-corrected chi connectivity index (χ0v) is 7.69. The molecule has 1 nitrogen and oxygen atoms in total. The Hall–Kier alpha value is -0.890. The fourth-order valence-corrected chi connectivity index (χ4v) is 2.12. The maximum atomic E-state index is 9.25. The van der Waals surface area contributed by atoms with Crippen LogP contribution in [-0.2, 0) is 6.42 Å². The van der Waals surface area contributed by atoms with Crippen LogP contribution in [0.4, 0.5) is 0 Å². The Bertz CT molecular complexity index is 342. The summed E-state index contributed by atoms with van der Waals surface area (Å²) in [4.78, 5) is 1.18. The first kappa shape index (κ1) is 7.74. The smallest absolute Gasteiger partial charge is 0.150 e. The summed E-state index contributed by atoms with van der Waals surface area (Å²) < 4.78 is 0. The van der Waals surface area contributed by atoms with Crippen LogP contribution < -0.4 is 0 Å². The van der Waals surface area contributed by atoms with E-state index in [1.807, 2.05) is 6.08 Å². The molecule has 2 heteroatoms. The summed E-state index contributed by atoms with van der Waals surface area (Å²) in [5, 5.41) is 9.67. The molecule has 0 fully saturated rings. The first-order chi connectivity index (χ1) is 5.75. The second-order valence-electron chi connectivity index (χ2n) is 2.96. The number of thioether (sulfide) groups is 1. The van der Waals surface area contributed by atoms with Crippen molar-refractivity contribution >= 4 is 11.8 Å². The van der Waals surface area contributed by atoms with Crippen LogP contribution >= 0.6 is 11.8 Å². The van der Waals surface area contributed by atoms with Crippen molar-refractivity contribution in [1.82, 2.24) is 0 Å². The van der Waals surface area contributed by atoms with E-state index in [0.717, 1.165) is 6.42 Å². The minimum Gasteiger partial charge on any atom is -0.502 e. The first-order valence-corrected chi connectivity index (χ1v) is 4.74. The molecule has 0 spiro atoms. The van der Waals surface area contributed by atoms with Crippen LogP contribution in [0.3, 0.4) is 0 Å². The van der Waals surface area contributed by atoms with E-state index in [9.17, 15) is 5.11 Å². The lowest BCUT2D eigenvalue weighted by molar-refractivity contribution is 0.453. The summed E-state index contributed by atoms with van der Waals surface area (Å²) in [5.41, 5.74) is 2.60. The molecule has 62 valence electrons. The molecule has 1 aromatic rings. The third-order valence-electron chi connectivity index (χ3n) is 1.93. The van der Waals surface area contributed by atoms with Gasteiger partial charge in [-0.05, 0) is 31.1 Å². The summed E-state index contributed by atoms with van der Waals surface area (Å²) >= 11 is 1.44. The SMILES string of the molecule is Cc1ccc2c(c1)CC=C(O)S2. The highest BCUT2D eigenvalue weighted by atomic mass is 32.2. The zero-order chi connectivity index (χ0) is 8.55. The normalized spacial score (nSPS) is 15.2. The van der Waals surface area contributed by atoms with Gasteiger partial charge in [0.1, 0.15) is 0 Å². The molecule has 1 aliphatic rings. The minimum absolute atomic E-state index is 0.423. The summed E-state index contributed by atoms with van der Waals surface area (Å²) in [6.07, 6.45) is 2.71. The molecule has 0 amide bonds. The van der Waals surface area contributed by atoms with E-state index in [-0.39, 0.29) is 0 Å². The summed E-state index contributed by atoms with van der Waals surface area (Å²) in [7, 11) is 0. The van der Waals surface area contributed by atoms with Crippen LogP contribution in [0.2, 0.25) is 0 Å². The van der Waals surface area contributed by atoms with E-state index in [2.05, 4.69) is 25.1 Å². The Morgan fingerprint density at radius 2 is 2.25 bits per heavy atom. The molecule has 1 heterocycles. The largest absolute Gasteiger partial charge is 0.502 e. The Kier molecular flexibility index (Phi) is 1.85. The molecule has 0 bridgehead atoms. The summed E-state index contributed by atoms with van der Waals surface area (Å²) in [6, 6.07) is 6.31. The molecule has 12 heavy (non-hydrogen) atoms. The van der Waals surface area contributed by atoms with Crippen molar-refractivity contribution in [2.24, 2.45) is 0 Å². The molecule has 0 aromatic heterocycles. The van der Waals surface area contributed by atoms with Gasteiger partial charge < -0.3 is 5.11 Å². The fourth-order valence-electron chi connectivity index (χ4n) is 1.32. The van der Waals surface area contributed by atoms with Crippen LogP contribution in [0.15, 0.2) is 34.3 Å². The second-order valence-corrected chi connectivity index (χ2v) is 4.02. The van der Waals surface area contributed by atoms with Crippen molar-refractivity contribution in [2.45, 2.75) is 18.2 Å². The maximum Gasteiger partial charge on any atom is 0.150 e. The van der Waals surface area contributed by atoms with Gasteiger partial charge in [-0.25, -0.2) is 0 Å². The lowest BCUT2D eigenvalue weighted by atomic mass is 10.1. The van der Waals surface area contributed by atoms with Crippen LogP contribution in [-0.4, -0.2) is 5.11 Å². The maximum absolute atomic E-state index is 9.25. The molecule has 0 aliphatic carbocycles. The number of rotatable bonds is 0. The Morgan fingerprint density at radius 1 is 1.42 bits per heavy atom. The number of aliphatic hydroxyl groups is 1. The molecule has 1 aromatic carbocycles. The average molecular weight is 178 g/mol. The third kappa shape index (κ3) is 1.34. The molecule has 1 N–H and O–H groups in total. The predicted octanol–water partition coefficient (Wildman–Crippen LogP) is 3.04. The predicted molar refractivity (Wildman–Crippen MR) is 51.5 cm³/mol. The number of allylic oxidation sites excluding steroid dienone is 1. The molecule has 0 unspecified atom stereocenters. The van der Waals surface area contributed by atoms with Gasteiger partial charge in [-0.1, -0.05) is 29.5 Å². The van der Waals surface area contributed by atoms with Gasteiger partial charge in [0, 0.05) is 4.90 Å². The Labute approximate surface area is 76.1 Å². The highest BCUT2D eigenvalue weighted by Crippen LogP contribution is 2.33. The van der Waals surface area contributed by atoms with E-state index in [1.54, 1.807) is 0 Å². The molecular weight excluding hydrogens is 168 g/mol. The van der Waals surface area contributed by atoms with Crippen molar-refractivity contribution in [3.63, 3.8) is 0 Å². The van der Waals surface area contributed by atoms with Crippen molar-refractivity contribution in [3.05, 3.63) is 40.5 Å². The molecule has 0 atom stereocenters. The van der Waals surface area contributed by atoms with E-state index >= 15 is 0 Å². The van der Waals surface area contributed by atoms with E-state index in [4.69, 9.17) is 0 Å². The highest BCUT2D eigenvalue weighted by molar-refractivity contribution is 8.03. The number of hydrogen-bond donors (Lipinski definition) is 1. The van der Waals surface area contributed by atoms with Crippen molar-refractivity contribution in [1.29, 1.82) is 0 Å². The standard InChI is InChI=1S/C10H10OS/c1-7-2-4-9-8(6-7)3-5-10(11)12-9/h2,4-6,11H,3H2,1H3. The van der Waals surface area contributed by atoms with Gasteiger partial charge >= 0.3 is 0 Å². The summed E-state index contributed by atoms with van der Waals surface area (Å²) in [6.45, 7) is 2.09. The van der Waals surface area contributed by atoms with Crippen molar-refractivity contribution in [3.8, 4) is 0 Å². The lowest BCUT2D eigenvalue weighted by Crippen LogP contribution is -1.93. The van der Waals surface area contributed by atoms with Crippen LogP contribution in [0.5, 0.6) is 0 Å². The third-order valence-corrected chi connectivity index (χ3v) is 2.92. The Morgan fingerprint density at radius 3 is 3.08 bits per heavy atom. The van der Waals surface area contributed by atoms with Gasteiger partial charge in [-0.2, -0.15) is 0 Å². The first-order valence-electron chi connectivity index (χ1n) is 3.92. The highest BCUT2D eigenvalue weighted by Gasteiger charge is 2.09. The second kappa shape index (κ2) is 2.87. The summed E-state index contributed by atoms with van der Waals surface area (Å²) in [5.74, 6) is 0. The molecular formula is C10H10OS. The van der Waals surface area contributed by atoms with E-state index < -0.39 is 0 Å². The molecule has 1 aliphatic heterocycles. The lowest BCUT2D eigenvalue weighted by Gasteiger charge is -2.12. The van der Waals surface area contributed by atoms with Gasteiger partial charge in [0.15, 0.2) is 5.09 Å². The molecule has 0 saturated carbocycles. The van der Waals surface area contributed by atoms with Crippen LogP contribution in [0, 0.1) is 6.92 Å². The molecule has 0 saturated heterocycles. The molecule has 2 rings (SSSR count). The van der Waals surface area contributed by atoms with Gasteiger partial charge in [0.2, 0.25) is 0 Å². The number of aliphatic hydroxyl groups excluding tert-OH is 1. The van der Waals surface area contributed by atoms with Crippen molar-refractivity contribution < 1.29 is 5.11 Å². The monoisotopic (exact) mass is 178 g/mol. The fraction of sp³-hybridized carbons (Fsp3) is 0.200. The topological polar surface area (TPSA) is 20.2 Å². The van der Waals surface area contributed by atoms with E-state index in [0.29, 0.717) is 5.09 Å². The number of benzene rings is 1. The minimum atomic E-state index is 0.423. The average Bonchev–Trinajstić information content (AvgIpc) is 2.05. The van der Waals surface area contributed by atoms with Crippen molar-refractivity contribution in [2.75, 3.05) is 0 Å². The van der Waals surface area contributed by atoms with Crippen LogP contribution in [0.1, 0.15) is 11.1 Å². The number of aryl methyl sites for hydroxylation is 1. The molecule has 0 radical (unpaired) electrons. The number of fused-ring (bicyclic) bond motifs is 1. The van der Waals surface area contributed by atoms with Gasteiger partial charge in [-0.3, -0.25) is 0 Å². The van der Waals surface area contributed by atoms with Gasteiger partial charge in [0.05, 0.1) is 0 Å². The van der Waals surface area contributed by atoms with E-state index in [1.165, 1.54) is 27.8 Å². The van der Waals surface area contributed by atoms with Crippen LogP contribution in [0.25, 0.3) is 0 Å². The zero-order valence-electron chi connectivity index (χ0n) is 6.87. The number of hydrogen-bond acceptors (Lipinski definition) is 2. The Balaban J connectivity index is 2.43. The van der Waals surface area contributed by atoms with Gasteiger partial charge in [-0.15, -0.1) is 0 Å².